The summed E-state index contributed by atoms with van der Waals surface area (Å²) in [6.45, 7) is 1.67. The summed E-state index contributed by atoms with van der Waals surface area (Å²) in [5, 5.41) is 13.7. The molecule has 0 saturated carbocycles. The maximum atomic E-state index is 10.7. The molecule has 0 saturated heterocycles. The van der Waals surface area contributed by atoms with Crippen LogP contribution in [0.5, 0.6) is 0 Å². The van der Waals surface area contributed by atoms with Crippen molar-refractivity contribution in [1.29, 1.82) is 0 Å². The highest BCUT2D eigenvalue weighted by atomic mass is 16.6. The lowest BCUT2D eigenvalue weighted by Gasteiger charge is -2.06. The molecule has 0 atom stereocenters. The van der Waals surface area contributed by atoms with Crippen molar-refractivity contribution < 1.29 is 4.92 Å². The number of hydrogen-bond donors (Lipinski definition) is 2. The Hall–Kier alpha value is -2.63. The van der Waals surface area contributed by atoms with E-state index in [0.29, 0.717) is 17.1 Å². The van der Waals surface area contributed by atoms with E-state index >= 15 is 0 Å². The molecule has 92 valence electrons. The zero-order valence-electron chi connectivity index (χ0n) is 9.75. The van der Waals surface area contributed by atoms with E-state index in [4.69, 9.17) is 5.73 Å². The first-order chi connectivity index (χ1) is 8.56. The highest BCUT2D eigenvalue weighted by Gasteiger charge is 2.11. The van der Waals surface area contributed by atoms with Crippen LogP contribution in [-0.4, -0.2) is 9.91 Å². The van der Waals surface area contributed by atoms with Crippen LogP contribution in [0.2, 0.25) is 0 Å². The minimum atomic E-state index is -0.449. The van der Waals surface area contributed by atoms with Gasteiger partial charge in [0.2, 0.25) is 0 Å². The van der Waals surface area contributed by atoms with Gasteiger partial charge in [0, 0.05) is 16.9 Å². The first-order valence-corrected chi connectivity index (χ1v) is 5.30. The zero-order chi connectivity index (χ0) is 13.1. The van der Waals surface area contributed by atoms with Gasteiger partial charge in [-0.15, -0.1) is 0 Å². The fourth-order valence-corrected chi connectivity index (χ4v) is 1.52. The average Bonchev–Trinajstić information content (AvgIpc) is 2.32. The molecule has 0 aliphatic rings. The van der Waals surface area contributed by atoms with Gasteiger partial charge in [-0.05, 0) is 37.3 Å². The summed E-state index contributed by atoms with van der Waals surface area (Å²) >= 11 is 0. The molecule has 0 aliphatic carbocycles. The third-order valence-corrected chi connectivity index (χ3v) is 2.46. The molecule has 1 aromatic heterocycles. The summed E-state index contributed by atoms with van der Waals surface area (Å²) in [5.41, 5.74) is 7.65. The van der Waals surface area contributed by atoms with Gasteiger partial charge >= 0.3 is 0 Å². The molecule has 1 heterocycles. The van der Waals surface area contributed by atoms with Crippen molar-refractivity contribution in [3.05, 3.63) is 52.2 Å². The van der Waals surface area contributed by atoms with Gasteiger partial charge in [0.05, 0.1) is 4.92 Å². The number of nitrogens with one attached hydrogen (secondary N) is 1. The van der Waals surface area contributed by atoms with E-state index in [0.717, 1.165) is 5.69 Å². The molecule has 2 aromatic rings. The predicted molar refractivity (Wildman–Crippen MR) is 69.8 cm³/mol. The minimum Gasteiger partial charge on any atom is -0.399 e. The fraction of sp³-hybridized carbons (Fsp3) is 0.0833. The molecule has 1 aromatic carbocycles. The van der Waals surface area contributed by atoms with Gasteiger partial charge in [-0.3, -0.25) is 10.1 Å². The minimum absolute atomic E-state index is 0.0119. The van der Waals surface area contributed by atoms with E-state index in [1.807, 2.05) is 12.1 Å². The summed E-state index contributed by atoms with van der Waals surface area (Å²) in [4.78, 5) is 14.2. The Bertz CT molecular complexity index is 581. The standard InChI is InChI=1S/C12H12N4O2/c1-8-6-12(14-7-11(8)16(17)18)15-10-4-2-9(13)3-5-10/h2-7H,13H2,1H3,(H,14,15). The molecule has 0 aliphatic heterocycles. The molecular formula is C12H12N4O2. The number of rotatable bonds is 3. The van der Waals surface area contributed by atoms with Gasteiger partial charge in [0.1, 0.15) is 12.0 Å². The molecule has 2 rings (SSSR count). The van der Waals surface area contributed by atoms with Crippen LogP contribution >= 0.6 is 0 Å². The maximum absolute atomic E-state index is 10.7. The Labute approximate surface area is 104 Å². The topological polar surface area (TPSA) is 94.1 Å². The SMILES string of the molecule is Cc1cc(Nc2ccc(N)cc2)ncc1[N+](=O)[O-]. The molecular weight excluding hydrogens is 232 g/mol. The smallest absolute Gasteiger partial charge is 0.290 e. The van der Waals surface area contributed by atoms with Crippen LogP contribution in [0.1, 0.15) is 5.56 Å². The quantitative estimate of drug-likeness (QED) is 0.491. The van der Waals surface area contributed by atoms with Crippen LogP contribution in [0.4, 0.5) is 22.9 Å². The number of hydrogen-bond acceptors (Lipinski definition) is 5. The monoisotopic (exact) mass is 244 g/mol. The molecule has 0 amide bonds. The van der Waals surface area contributed by atoms with E-state index in [9.17, 15) is 10.1 Å². The number of nitrogen functional groups attached to an aromatic ring is 1. The lowest BCUT2D eigenvalue weighted by molar-refractivity contribution is -0.385. The van der Waals surface area contributed by atoms with E-state index in [1.54, 1.807) is 25.1 Å². The normalized spacial score (nSPS) is 10.1. The number of nitro groups is 1. The summed E-state index contributed by atoms with van der Waals surface area (Å²) in [7, 11) is 0. The molecule has 0 fully saturated rings. The van der Waals surface area contributed by atoms with Crippen molar-refractivity contribution in [3.8, 4) is 0 Å². The van der Waals surface area contributed by atoms with Crippen LogP contribution in [0.15, 0.2) is 36.5 Å². The molecule has 0 unspecified atom stereocenters. The molecule has 3 N–H and O–H groups in total. The van der Waals surface area contributed by atoms with Gasteiger partial charge in [0.25, 0.3) is 5.69 Å². The number of pyridine rings is 1. The molecule has 0 radical (unpaired) electrons. The summed E-state index contributed by atoms with van der Waals surface area (Å²) < 4.78 is 0. The van der Waals surface area contributed by atoms with Crippen LogP contribution in [0.25, 0.3) is 0 Å². The first-order valence-electron chi connectivity index (χ1n) is 5.30. The van der Waals surface area contributed by atoms with Gasteiger partial charge in [0.15, 0.2) is 0 Å². The molecule has 6 nitrogen and oxygen atoms in total. The van der Waals surface area contributed by atoms with Crippen LogP contribution < -0.4 is 11.1 Å². The number of aryl methyl sites for hydroxylation is 1. The third kappa shape index (κ3) is 2.54. The average molecular weight is 244 g/mol. The van der Waals surface area contributed by atoms with Crippen LogP contribution in [0, 0.1) is 17.0 Å². The zero-order valence-corrected chi connectivity index (χ0v) is 9.75. The maximum Gasteiger partial charge on any atom is 0.290 e. The Balaban J connectivity index is 2.22. The van der Waals surface area contributed by atoms with Crippen molar-refractivity contribution in [1.82, 2.24) is 4.98 Å². The number of nitrogens with two attached hydrogens (primary N) is 1. The Morgan fingerprint density at radius 1 is 1.33 bits per heavy atom. The summed E-state index contributed by atoms with van der Waals surface area (Å²) in [5.74, 6) is 0.558. The van der Waals surface area contributed by atoms with E-state index in [1.165, 1.54) is 6.20 Å². The van der Waals surface area contributed by atoms with E-state index in [-0.39, 0.29) is 5.69 Å². The molecule has 0 spiro atoms. The van der Waals surface area contributed by atoms with Gasteiger partial charge in [-0.1, -0.05) is 0 Å². The fourth-order valence-electron chi connectivity index (χ4n) is 1.52. The van der Waals surface area contributed by atoms with Crippen molar-refractivity contribution in [3.63, 3.8) is 0 Å². The van der Waals surface area contributed by atoms with Crippen molar-refractivity contribution in [2.24, 2.45) is 0 Å². The molecule has 0 bridgehead atoms. The van der Waals surface area contributed by atoms with Gasteiger partial charge in [-0.2, -0.15) is 0 Å². The van der Waals surface area contributed by atoms with Gasteiger partial charge < -0.3 is 11.1 Å². The lowest BCUT2D eigenvalue weighted by atomic mass is 10.2. The number of nitrogens with zero attached hydrogens (tertiary/aromatic N) is 2. The molecule has 18 heavy (non-hydrogen) atoms. The predicted octanol–water partition coefficient (Wildman–Crippen LogP) is 2.62. The summed E-state index contributed by atoms with van der Waals surface area (Å²) in [6, 6.07) is 8.79. The Kier molecular flexibility index (Phi) is 3.09. The second-order valence-electron chi connectivity index (χ2n) is 3.86. The largest absolute Gasteiger partial charge is 0.399 e. The van der Waals surface area contributed by atoms with Crippen molar-refractivity contribution in [2.75, 3.05) is 11.1 Å². The molecule has 6 heteroatoms. The van der Waals surface area contributed by atoms with Crippen molar-refractivity contribution >= 4 is 22.9 Å². The second-order valence-corrected chi connectivity index (χ2v) is 3.86. The second kappa shape index (κ2) is 4.70. The van der Waals surface area contributed by atoms with Crippen LogP contribution in [0.3, 0.4) is 0 Å². The third-order valence-electron chi connectivity index (χ3n) is 2.46. The number of aromatic nitrogens is 1. The highest BCUT2D eigenvalue weighted by molar-refractivity contribution is 5.60. The Morgan fingerprint density at radius 3 is 2.56 bits per heavy atom. The number of benzene rings is 1. The van der Waals surface area contributed by atoms with Gasteiger partial charge in [-0.25, -0.2) is 4.98 Å². The Morgan fingerprint density at radius 2 is 2.00 bits per heavy atom. The van der Waals surface area contributed by atoms with Crippen molar-refractivity contribution in [2.45, 2.75) is 6.92 Å². The van der Waals surface area contributed by atoms with Crippen LogP contribution in [-0.2, 0) is 0 Å². The lowest BCUT2D eigenvalue weighted by Crippen LogP contribution is -1.98. The van der Waals surface area contributed by atoms with E-state index in [2.05, 4.69) is 10.3 Å². The summed E-state index contributed by atoms with van der Waals surface area (Å²) in [6.07, 6.45) is 1.25. The first kappa shape index (κ1) is 11.8. The van der Waals surface area contributed by atoms with E-state index < -0.39 is 4.92 Å². The highest BCUT2D eigenvalue weighted by Crippen LogP contribution is 2.21. The number of anilines is 3.